The van der Waals surface area contributed by atoms with Crippen molar-refractivity contribution in [1.29, 1.82) is 0 Å². The lowest BCUT2D eigenvalue weighted by Gasteiger charge is -2.42. The van der Waals surface area contributed by atoms with Crippen molar-refractivity contribution in [3.05, 3.63) is 35.1 Å². The molecule has 7 heteroatoms. The first-order valence-electron chi connectivity index (χ1n) is 6.26. The second kappa shape index (κ2) is 5.80. The SMILES string of the molecule is CCOC1CC(N)C1NC(=O)c1cc(F)c(F)c(F)c1. The van der Waals surface area contributed by atoms with E-state index in [0.717, 1.165) is 0 Å². The van der Waals surface area contributed by atoms with E-state index in [0.29, 0.717) is 25.2 Å². The monoisotopic (exact) mass is 288 g/mol. The molecule has 0 radical (unpaired) electrons. The summed E-state index contributed by atoms with van der Waals surface area (Å²) < 4.78 is 44.3. The summed E-state index contributed by atoms with van der Waals surface area (Å²) in [4.78, 5) is 11.9. The fraction of sp³-hybridized carbons (Fsp3) is 0.462. The van der Waals surface area contributed by atoms with E-state index >= 15 is 0 Å². The molecule has 1 fully saturated rings. The molecule has 0 heterocycles. The fourth-order valence-corrected chi connectivity index (χ4v) is 2.15. The number of amides is 1. The van der Waals surface area contributed by atoms with Crippen molar-refractivity contribution < 1.29 is 22.7 Å². The van der Waals surface area contributed by atoms with Gasteiger partial charge in [-0.2, -0.15) is 0 Å². The Morgan fingerprint density at radius 3 is 2.50 bits per heavy atom. The predicted molar refractivity (Wildman–Crippen MR) is 65.6 cm³/mol. The van der Waals surface area contributed by atoms with Crippen LogP contribution in [0, 0.1) is 17.5 Å². The van der Waals surface area contributed by atoms with Crippen LogP contribution < -0.4 is 11.1 Å². The number of rotatable bonds is 4. The zero-order chi connectivity index (χ0) is 14.9. The zero-order valence-electron chi connectivity index (χ0n) is 10.8. The molecule has 2 rings (SSSR count). The fourth-order valence-electron chi connectivity index (χ4n) is 2.15. The number of nitrogens with one attached hydrogen (secondary N) is 1. The molecule has 0 aromatic heterocycles. The van der Waals surface area contributed by atoms with Crippen LogP contribution in [0.3, 0.4) is 0 Å². The summed E-state index contributed by atoms with van der Waals surface area (Å²) in [6.07, 6.45) is 0.388. The molecule has 1 aliphatic carbocycles. The third kappa shape index (κ3) is 2.78. The number of benzene rings is 1. The quantitative estimate of drug-likeness (QED) is 0.822. The molecule has 0 aliphatic heterocycles. The van der Waals surface area contributed by atoms with E-state index in [9.17, 15) is 18.0 Å². The van der Waals surface area contributed by atoms with Gasteiger partial charge in [0.25, 0.3) is 5.91 Å². The van der Waals surface area contributed by atoms with Crippen LogP contribution in [0.25, 0.3) is 0 Å². The second-order valence-corrected chi connectivity index (χ2v) is 4.65. The molecule has 20 heavy (non-hydrogen) atoms. The lowest BCUT2D eigenvalue weighted by molar-refractivity contribution is -0.0300. The Hall–Kier alpha value is -1.60. The average molecular weight is 288 g/mol. The minimum atomic E-state index is -1.60. The van der Waals surface area contributed by atoms with Gasteiger partial charge >= 0.3 is 0 Å². The normalized spacial score (nSPS) is 25.1. The van der Waals surface area contributed by atoms with Crippen molar-refractivity contribution in [3.63, 3.8) is 0 Å². The Bertz CT molecular complexity index is 499. The minimum Gasteiger partial charge on any atom is -0.376 e. The van der Waals surface area contributed by atoms with Gasteiger partial charge in [-0.25, -0.2) is 13.2 Å². The molecule has 0 spiro atoms. The minimum absolute atomic E-state index is 0.214. The van der Waals surface area contributed by atoms with Gasteiger partial charge in [0.2, 0.25) is 0 Å². The molecule has 1 aromatic carbocycles. The van der Waals surface area contributed by atoms with Crippen LogP contribution in [-0.2, 0) is 4.74 Å². The maximum atomic E-state index is 13.1. The maximum absolute atomic E-state index is 13.1. The predicted octanol–water partition coefficient (Wildman–Crippen LogP) is 1.34. The van der Waals surface area contributed by atoms with Gasteiger partial charge in [-0.3, -0.25) is 4.79 Å². The summed E-state index contributed by atoms with van der Waals surface area (Å²) in [5.74, 6) is -5.13. The van der Waals surface area contributed by atoms with E-state index in [1.807, 2.05) is 6.92 Å². The van der Waals surface area contributed by atoms with Crippen LogP contribution in [0.2, 0.25) is 0 Å². The molecular weight excluding hydrogens is 273 g/mol. The largest absolute Gasteiger partial charge is 0.376 e. The summed E-state index contributed by atoms with van der Waals surface area (Å²) in [6.45, 7) is 2.29. The highest BCUT2D eigenvalue weighted by atomic mass is 19.2. The number of carbonyl (C=O) groups excluding carboxylic acids is 1. The highest BCUT2D eigenvalue weighted by Gasteiger charge is 2.40. The Morgan fingerprint density at radius 1 is 1.40 bits per heavy atom. The molecule has 0 bridgehead atoms. The van der Waals surface area contributed by atoms with Crippen molar-refractivity contribution in [2.45, 2.75) is 31.5 Å². The summed E-state index contributed by atoms with van der Waals surface area (Å²) in [7, 11) is 0. The highest BCUT2D eigenvalue weighted by Crippen LogP contribution is 2.23. The molecule has 3 atom stereocenters. The third-order valence-electron chi connectivity index (χ3n) is 3.29. The van der Waals surface area contributed by atoms with Crippen LogP contribution in [0.15, 0.2) is 12.1 Å². The van der Waals surface area contributed by atoms with E-state index in [1.165, 1.54) is 0 Å². The van der Waals surface area contributed by atoms with Crippen molar-refractivity contribution in [1.82, 2.24) is 5.32 Å². The highest BCUT2D eigenvalue weighted by molar-refractivity contribution is 5.94. The number of hydrogen-bond acceptors (Lipinski definition) is 3. The summed E-state index contributed by atoms with van der Waals surface area (Å²) >= 11 is 0. The van der Waals surface area contributed by atoms with Gasteiger partial charge in [0.05, 0.1) is 12.1 Å². The van der Waals surface area contributed by atoms with Crippen LogP contribution >= 0.6 is 0 Å². The number of carbonyl (C=O) groups is 1. The van der Waals surface area contributed by atoms with Gasteiger partial charge in [-0.1, -0.05) is 0 Å². The second-order valence-electron chi connectivity index (χ2n) is 4.65. The third-order valence-corrected chi connectivity index (χ3v) is 3.29. The molecule has 4 nitrogen and oxygen atoms in total. The van der Waals surface area contributed by atoms with Gasteiger partial charge in [0.1, 0.15) is 0 Å². The van der Waals surface area contributed by atoms with Gasteiger partial charge in [-0.05, 0) is 25.5 Å². The van der Waals surface area contributed by atoms with Gasteiger partial charge in [0.15, 0.2) is 17.5 Å². The topological polar surface area (TPSA) is 64.3 Å². The summed E-state index contributed by atoms with van der Waals surface area (Å²) in [5, 5.41) is 2.55. The summed E-state index contributed by atoms with van der Waals surface area (Å²) in [5.41, 5.74) is 5.46. The van der Waals surface area contributed by atoms with Crippen molar-refractivity contribution in [3.8, 4) is 0 Å². The van der Waals surface area contributed by atoms with E-state index in [4.69, 9.17) is 10.5 Å². The van der Waals surface area contributed by atoms with Crippen LogP contribution in [-0.4, -0.2) is 30.7 Å². The van der Waals surface area contributed by atoms with E-state index < -0.39 is 29.4 Å². The molecule has 110 valence electrons. The number of ether oxygens (including phenoxy) is 1. The molecular formula is C13H15F3N2O2. The van der Waals surface area contributed by atoms with Crippen LogP contribution in [0.1, 0.15) is 23.7 Å². The van der Waals surface area contributed by atoms with Crippen molar-refractivity contribution in [2.75, 3.05) is 6.61 Å². The lowest BCUT2D eigenvalue weighted by atomic mass is 9.83. The molecule has 1 saturated carbocycles. The van der Waals surface area contributed by atoms with Crippen LogP contribution in [0.5, 0.6) is 0 Å². The molecule has 3 unspecified atom stereocenters. The average Bonchev–Trinajstić information content (AvgIpc) is 2.41. The Balaban J connectivity index is 2.08. The smallest absolute Gasteiger partial charge is 0.251 e. The van der Waals surface area contributed by atoms with Crippen LogP contribution in [0.4, 0.5) is 13.2 Å². The zero-order valence-corrected chi connectivity index (χ0v) is 10.8. The maximum Gasteiger partial charge on any atom is 0.251 e. The Labute approximate surface area is 114 Å². The van der Waals surface area contributed by atoms with E-state index in [-0.39, 0.29) is 17.7 Å². The Kier molecular flexibility index (Phi) is 4.29. The molecule has 1 aromatic rings. The first-order chi connectivity index (χ1) is 9.43. The standard InChI is InChI=1S/C13H15F3N2O2/c1-2-20-10-5-9(17)12(10)18-13(19)6-3-7(14)11(16)8(15)4-6/h3-4,9-10,12H,2,5,17H2,1H3,(H,18,19). The molecule has 3 N–H and O–H groups in total. The summed E-state index contributed by atoms with van der Waals surface area (Å²) in [6, 6.07) is 0.602. The first kappa shape index (κ1) is 14.8. The van der Waals surface area contributed by atoms with E-state index in [1.54, 1.807) is 0 Å². The number of halogens is 3. The van der Waals surface area contributed by atoms with Crippen molar-refractivity contribution in [2.24, 2.45) is 5.73 Å². The molecule has 1 amide bonds. The lowest BCUT2D eigenvalue weighted by Crippen LogP contribution is -2.64. The Morgan fingerprint density at radius 2 is 2.00 bits per heavy atom. The van der Waals surface area contributed by atoms with Gasteiger partial charge < -0.3 is 15.8 Å². The van der Waals surface area contributed by atoms with Gasteiger partial charge in [-0.15, -0.1) is 0 Å². The molecule has 1 aliphatic rings. The first-order valence-corrected chi connectivity index (χ1v) is 6.26. The molecule has 0 saturated heterocycles. The van der Waals surface area contributed by atoms with Gasteiger partial charge in [0, 0.05) is 18.2 Å². The number of hydrogen-bond donors (Lipinski definition) is 2. The van der Waals surface area contributed by atoms with E-state index in [2.05, 4.69) is 5.32 Å². The number of nitrogens with two attached hydrogens (primary N) is 1. The van der Waals surface area contributed by atoms with Crippen molar-refractivity contribution >= 4 is 5.91 Å².